The second kappa shape index (κ2) is 12.0. The number of halogens is 4. The van der Waals surface area contributed by atoms with Crippen molar-refractivity contribution in [3.05, 3.63) is 120 Å². The lowest BCUT2D eigenvalue weighted by atomic mass is 10.0. The number of fused-ring (bicyclic) bond motifs is 1. The standard InChI is InChI=1S/C30H19Br2Cl2N3O3/c1-16-6-11-25-22(12-16)26(21-4-2-3-5-24(21)34)27(36-25)29(38)37-35-15-18-13-19(31)14-23(32)28(18)40-30(39)17-7-9-20(33)10-8-17/h2-15,36H,1H3,(H,37,38). The lowest BCUT2D eigenvalue weighted by Crippen LogP contribution is -2.19. The van der Waals surface area contributed by atoms with Gasteiger partial charge in [0, 0.05) is 42.1 Å². The van der Waals surface area contributed by atoms with Crippen LogP contribution >= 0.6 is 55.1 Å². The molecular weight excluding hydrogens is 681 g/mol. The number of H-pyrrole nitrogens is 1. The molecule has 40 heavy (non-hydrogen) atoms. The van der Waals surface area contributed by atoms with E-state index >= 15 is 0 Å². The summed E-state index contributed by atoms with van der Waals surface area (Å²) < 4.78 is 6.90. The maximum atomic E-state index is 13.4. The molecule has 0 fully saturated rings. The molecule has 0 atom stereocenters. The van der Waals surface area contributed by atoms with Gasteiger partial charge in [-0.3, -0.25) is 4.79 Å². The number of hydrogen-bond donors (Lipinski definition) is 2. The summed E-state index contributed by atoms with van der Waals surface area (Å²) in [6.07, 6.45) is 1.40. The molecule has 5 rings (SSSR count). The highest BCUT2D eigenvalue weighted by Crippen LogP contribution is 2.37. The molecule has 5 aromatic rings. The van der Waals surface area contributed by atoms with Crippen molar-refractivity contribution in [1.82, 2.24) is 10.4 Å². The lowest BCUT2D eigenvalue weighted by molar-refractivity contribution is 0.0733. The average molecular weight is 700 g/mol. The predicted molar refractivity (Wildman–Crippen MR) is 167 cm³/mol. The highest BCUT2D eigenvalue weighted by atomic mass is 79.9. The molecule has 200 valence electrons. The molecule has 0 aliphatic rings. The fourth-order valence-corrected chi connectivity index (χ4v) is 5.85. The third kappa shape index (κ3) is 6.00. The number of hydrazone groups is 1. The van der Waals surface area contributed by atoms with Crippen molar-refractivity contribution in [3.63, 3.8) is 0 Å². The van der Waals surface area contributed by atoms with E-state index in [1.807, 2.05) is 43.3 Å². The van der Waals surface area contributed by atoms with Gasteiger partial charge in [0.05, 0.1) is 16.3 Å². The molecule has 0 radical (unpaired) electrons. The second-order valence-corrected chi connectivity index (χ2v) is 11.4. The van der Waals surface area contributed by atoms with Gasteiger partial charge >= 0.3 is 5.97 Å². The van der Waals surface area contributed by atoms with Crippen LogP contribution < -0.4 is 10.2 Å². The average Bonchev–Trinajstić information content (AvgIpc) is 3.29. The molecule has 0 aliphatic carbocycles. The molecule has 0 bridgehead atoms. The van der Waals surface area contributed by atoms with Gasteiger partial charge in [0.15, 0.2) is 5.75 Å². The number of rotatable bonds is 6. The number of carbonyl (C=O) groups excluding carboxylic acids is 2. The first-order valence-corrected chi connectivity index (χ1v) is 14.2. The van der Waals surface area contributed by atoms with Gasteiger partial charge in [-0.1, -0.05) is 69.0 Å². The second-order valence-electron chi connectivity index (χ2n) is 8.81. The molecule has 0 saturated carbocycles. The maximum Gasteiger partial charge on any atom is 0.343 e. The van der Waals surface area contributed by atoms with Crippen LogP contribution in [0.3, 0.4) is 0 Å². The highest BCUT2D eigenvalue weighted by Gasteiger charge is 2.21. The van der Waals surface area contributed by atoms with Gasteiger partial charge in [-0.15, -0.1) is 0 Å². The Morgan fingerprint density at radius 3 is 2.48 bits per heavy atom. The Morgan fingerprint density at radius 1 is 0.975 bits per heavy atom. The number of aromatic amines is 1. The van der Waals surface area contributed by atoms with E-state index in [0.29, 0.717) is 41.4 Å². The number of carbonyl (C=O) groups is 2. The van der Waals surface area contributed by atoms with Crippen LogP contribution in [0.4, 0.5) is 0 Å². The Bertz CT molecular complexity index is 1800. The van der Waals surface area contributed by atoms with Gasteiger partial charge in [-0.2, -0.15) is 5.10 Å². The molecular formula is C30H19Br2Cl2N3O3. The number of hydrogen-bond acceptors (Lipinski definition) is 4. The summed E-state index contributed by atoms with van der Waals surface area (Å²) in [5.41, 5.74) is 6.92. The first kappa shape index (κ1) is 28.1. The van der Waals surface area contributed by atoms with E-state index in [2.05, 4.69) is 47.4 Å². The third-order valence-electron chi connectivity index (χ3n) is 6.01. The zero-order valence-electron chi connectivity index (χ0n) is 20.8. The molecule has 1 aromatic heterocycles. The SMILES string of the molecule is Cc1ccc2[nH]c(C(=O)NN=Cc3cc(Br)cc(Br)c3OC(=O)c3ccc(Cl)cc3)c(-c3ccccc3Cl)c2c1. The van der Waals surface area contributed by atoms with Crippen LogP contribution in [-0.2, 0) is 0 Å². The maximum absolute atomic E-state index is 13.4. The van der Waals surface area contributed by atoms with Gasteiger partial charge in [-0.25, -0.2) is 10.2 Å². The summed E-state index contributed by atoms with van der Waals surface area (Å²) in [5.74, 6) is -0.802. The van der Waals surface area contributed by atoms with E-state index in [1.165, 1.54) is 6.21 Å². The van der Waals surface area contributed by atoms with Gasteiger partial charge in [0.2, 0.25) is 0 Å². The van der Waals surface area contributed by atoms with Crippen molar-refractivity contribution in [2.75, 3.05) is 0 Å². The minimum atomic E-state index is -0.573. The van der Waals surface area contributed by atoms with E-state index < -0.39 is 11.9 Å². The minimum absolute atomic E-state index is 0.235. The van der Waals surface area contributed by atoms with Crippen molar-refractivity contribution in [2.45, 2.75) is 6.92 Å². The molecule has 0 unspecified atom stereocenters. The fraction of sp³-hybridized carbons (Fsp3) is 0.0333. The molecule has 1 heterocycles. The first-order valence-electron chi connectivity index (χ1n) is 11.9. The zero-order chi connectivity index (χ0) is 28.4. The number of amides is 1. The van der Waals surface area contributed by atoms with Crippen LogP contribution in [0.2, 0.25) is 10.0 Å². The van der Waals surface area contributed by atoms with Crippen LogP contribution in [0.5, 0.6) is 5.75 Å². The summed E-state index contributed by atoms with van der Waals surface area (Å²) in [4.78, 5) is 29.4. The van der Waals surface area contributed by atoms with Crippen molar-refractivity contribution >= 4 is 84.1 Å². The number of aryl methyl sites for hydroxylation is 1. The monoisotopic (exact) mass is 697 g/mol. The number of aromatic nitrogens is 1. The molecule has 10 heteroatoms. The van der Waals surface area contributed by atoms with E-state index in [1.54, 1.807) is 42.5 Å². The van der Waals surface area contributed by atoms with E-state index in [-0.39, 0.29) is 5.75 Å². The summed E-state index contributed by atoms with van der Waals surface area (Å²) >= 11 is 19.3. The minimum Gasteiger partial charge on any atom is -0.421 e. The van der Waals surface area contributed by atoms with Gasteiger partial charge in [-0.05, 0) is 77.5 Å². The van der Waals surface area contributed by atoms with E-state index in [0.717, 1.165) is 22.0 Å². The Balaban J connectivity index is 1.45. The number of benzene rings is 4. The topological polar surface area (TPSA) is 83.6 Å². The molecule has 2 N–H and O–H groups in total. The molecule has 0 aliphatic heterocycles. The van der Waals surface area contributed by atoms with Crippen molar-refractivity contribution < 1.29 is 14.3 Å². The molecule has 0 saturated heterocycles. The Hall–Kier alpha value is -3.43. The quantitative estimate of drug-likeness (QED) is 0.0804. The Morgan fingerprint density at radius 2 is 1.73 bits per heavy atom. The fourth-order valence-electron chi connectivity index (χ4n) is 4.16. The van der Waals surface area contributed by atoms with Crippen LogP contribution in [-0.4, -0.2) is 23.1 Å². The number of ether oxygens (including phenoxy) is 1. The van der Waals surface area contributed by atoms with Gasteiger partial charge < -0.3 is 9.72 Å². The van der Waals surface area contributed by atoms with E-state index in [9.17, 15) is 9.59 Å². The van der Waals surface area contributed by atoms with Crippen LogP contribution in [0.25, 0.3) is 22.0 Å². The summed E-state index contributed by atoms with van der Waals surface area (Å²) in [7, 11) is 0. The Labute approximate surface area is 256 Å². The van der Waals surface area contributed by atoms with Crippen LogP contribution in [0, 0.1) is 6.92 Å². The molecule has 4 aromatic carbocycles. The van der Waals surface area contributed by atoms with Crippen molar-refractivity contribution in [1.29, 1.82) is 0 Å². The van der Waals surface area contributed by atoms with Gasteiger partial charge in [0.1, 0.15) is 5.69 Å². The number of nitrogens with zero attached hydrogens (tertiary/aromatic N) is 1. The predicted octanol–water partition coefficient (Wildman–Crippen LogP) is 8.96. The molecule has 6 nitrogen and oxygen atoms in total. The normalized spacial score (nSPS) is 11.2. The van der Waals surface area contributed by atoms with Crippen LogP contribution in [0.1, 0.15) is 32.0 Å². The smallest absolute Gasteiger partial charge is 0.343 e. The summed E-state index contributed by atoms with van der Waals surface area (Å²) in [6.45, 7) is 1.99. The molecule has 1 amide bonds. The van der Waals surface area contributed by atoms with Crippen molar-refractivity contribution in [3.8, 4) is 16.9 Å². The Kier molecular flexibility index (Phi) is 8.42. The third-order valence-corrected chi connectivity index (χ3v) is 7.63. The lowest BCUT2D eigenvalue weighted by Gasteiger charge is -2.11. The molecule has 0 spiro atoms. The zero-order valence-corrected chi connectivity index (χ0v) is 25.5. The largest absolute Gasteiger partial charge is 0.421 e. The summed E-state index contributed by atoms with van der Waals surface area (Å²) in [5, 5.41) is 6.07. The number of nitrogens with one attached hydrogen (secondary N) is 2. The van der Waals surface area contributed by atoms with Crippen molar-refractivity contribution in [2.24, 2.45) is 5.10 Å². The van der Waals surface area contributed by atoms with Crippen LogP contribution in [0.15, 0.2) is 92.9 Å². The number of esters is 1. The van der Waals surface area contributed by atoms with Gasteiger partial charge in [0.25, 0.3) is 5.91 Å². The van der Waals surface area contributed by atoms with E-state index in [4.69, 9.17) is 27.9 Å². The first-order chi connectivity index (χ1) is 19.2. The highest BCUT2D eigenvalue weighted by molar-refractivity contribution is 9.11. The summed E-state index contributed by atoms with van der Waals surface area (Å²) in [6, 6.07) is 23.1.